The van der Waals surface area contributed by atoms with Crippen LogP contribution in [0.4, 0.5) is 4.39 Å². The van der Waals surface area contributed by atoms with E-state index in [0.29, 0.717) is 0 Å². The molecule has 2 amide bonds. The van der Waals surface area contributed by atoms with E-state index in [1.165, 1.54) is 12.1 Å². The third-order valence-electron chi connectivity index (χ3n) is 3.15. The van der Waals surface area contributed by atoms with E-state index in [2.05, 4.69) is 10.6 Å². The Labute approximate surface area is 110 Å². The van der Waals surface area contributed by atoms with Crippen molar-refractivity contribution in [2.75, 3.05) is 13.1 Å². The molecule has 1 aromatic carbocycles. The van der Waals surface area contributed by atoms with Crippen LogP contribution in [0.2, 0.25) is 0 Å². The van der Waals surface area contributed by atoms with E-state index in [1.807, 2.05) is 0 Å². The van der Waals surface area contributed by atoms with E-state index < -0.39 is 0 Å². The number of nitrogens with two attached hydrogens (primary N) is 1. The summed E-state index contributed by atoms with van der Waals surface area (Å²) in [7, 11) is 0. The first-order chi connectivity index (χ1) is 9.10. The Morgan fingerprint density at radius 2 is 2.16 bits per heavy atom. The van der Waals surface area contributed by atoms with Gasteiger partial charge in [0.15, 0.2) is 0 Å². The van der Waals surface area contributed by atoms with Gasteiger partial charge in [0.25, 0.3) is 0 Å². The zero-order chi connectivity index (χ0) is 13.8. The van der Waals surface area contributed by atoms with Crippen LogP contribution in [0.5, 0.6) is 0 Å². The lowest BCUT2D eigenvalue weighted by Gasteiger charge is -2.14. The first kappa shape index (κ1) is 13.5. The Hall–Kier alpha value is -1.95. The monoisotopic (exact) mass is 265 g/mol. The molecule has 4 N–H and O–H groups in total. The zero-order valence-electron chi connectivity index (χ0n) is 10.4. The fourth-order valence-corrected chi connectivity index (χ4v) is 2.23. The summed E-state index contributed by atoms with van der Waals surface area (Å²) in [6, 6.07) is 4.47. The van der Waals surface area contributed by atoms with Gasteiger partial charge in [-0.05, 0) is 36.1 Å². The average Bonchev–Trinajstić information content (AvgIpc) is 2.78. The van der Waals surface area contributed by atoms with Crippen LogP contribution >= 0.6 is 0 Å². The first-order valence-corrected chi connectivity index (χ1v) is 6.14. The Morgan fingerprint density at radius 1 is 1.37 bits per heavy atom. The summed E-state index contributed by atoms with van der Waals surface area (Å²) in [5.74, 6) is -0.908. The zero-order valence-corrected chi connectivity index (χ0v) is 10.4. The Kier molecular flexibility index (Phi) is 4.11. The predicted molar refractivity (Wildman–Crippen MR) is 67.7 cm³/mol. The summed E-state index contributed by atoms with van der Waals surface area (Å²) >= 11 is 0. The Morgan fingerprint density at radius 3 is 2.89 bits per heavy atom. The van der Waals surface area contributed by atoms with Crippen molar-refractivity contribution in [3.63, 3.8) is 0 Å². The van der Waals surface area contributed by atoms with Gasteiger partial charge in [-0.25, -0.2) is 4.39 Å². The highest BCUT2D eigenvalue weighted by atomic mass is 19.1. The van der Waals surface area contributed by atoms with E-state index in [0.717, 1.165) is 24.0 Å². The molecule has 0 fully saturated rings. The summed E-state index contributed by atoms with van der Waals surface area (Å²) in [6.45, 7) is -0.234. The Bertz CT molecular complexity index is 505. The second kappa shape index (κ2) is 5.79. The third kappa shape index (κ3) is 3.29. The van der Waals surface area contributed by atoms with Gasteiger partial charge in [0.1, 0.15) is 5.82 Å². The number of aryl methyl sites for hydroxylation is 1. The fourth-order valence-electron chi connectivity index (χ4n) is 2.23. The molecule has 5 nitrogen and oxygen atoms in total. The maximum atomic E-state index is 13.1. The van der Waals surface area contributed by atoms with Crippen molar-refractivity contribution in [2.45, 2.75) is 18.9 Å². The average molecular weight is 265 g/mol. The van der Waals surface area contributed by atoms with Crippen LogP contribution in [0.25, 0.3) is 0 Å². The van der Waals surface area contributed by atoms with Crippen molar-refractivity contribution >= 4 is 11.8 Å². The number of benzene rings is 1. The van der Waals surface area contributed by atoms with Gasteiger partial charge in [-0.2, -0.15) is 0 Å². The van der Waals surface area contributed by atoms with Crippen LogP contribution in [0.15, 0.2) is 18.2 Å². The van der Waals surface area contributed by atoms with Crippen molar-refractivity contribution in [1.82, 2.24) is 10.6 Å². The van der Waals surface area contributed by atoms with E-state index in [9.17, 15) is 14.0 Å². The van der Waals surface area contributed by atoms with E-state index in [1.54, 1.807) is 6.07 Å². The molecule has 0 saturated carbocycles. The van der Waals surface area contributed by atoms with Crippen LogP contribution in [-0.2, 0) is 16.0 Å². The van der Waals surface area contributed by atoms with Gasteiger partial charge >= 0.3 is 0 Å². The van der Waals surface area contributed by atoms with Gasteiger partial charge in [-0.3, -0.25) is 9.59 Å². The quantitative estimate of drug-likeness (QED) is 0.716. The number of amides is 2. The lowest BCUT2D eigenvalue weighted by Crippen LogP contribution is -2.40. The summed E-state index contributed by atoms with van der Waals surface area (Å²) in [4.78, 5) is 22.6. The summed E-state index contributed by atoms with van der Waals surface area (Å²) < 4.78 is 13.1. The standard InChI is InChI=1S/C13H16FN3O2/c14-9-2-3-10-8(5-9)1-4-11(10)17-13(19)7-16-12(18)6-15/h2-3,5,11H,1,4,6-7,15H2,(H,16,18)(H,17,19). The lowest BCUT2D eigenvalue weighted by molar-refractivity contribution is -0.125. The second-order valence-corrected chi connectivity index (χ2v) is 4.48. The molecule has 0 aliphatic heterocycles. The number of halogens is 1. The van der Waals surface area contributed by atoms with Gasteiger partial charge in [-0.1, -0.05) is 6.07 Å². The fraction of sp³-hybridized carbons (Fsp3) is 0.385. The van der Waals surface area contributed by atoms with Gasteiger partial charge < -0.3 is 16.4 Å². The van der Waals surface area contributed by atoms with Crippen molar-refractivity contribution in [3.05, 3.63) is 35.1 Å². The van der Waals surface area contributed by atoms with E-state index in [-0.39, 0.29) is 36.8 Å². The maximum absolute atomic E-state index is 13.1. The minimum Gasteiger partial charge on any atom is -0.348 e. The van der Waals surface area contributed by atoms with Crippen molar-refractivity contribution in [3.8, 4) is 0 Å². The smallest absolute Gasteiger partial charge is 0.239 e. The molecule has 0 bridgehead atoms. The molecule has 6 heteroatoms. The highest BCUT2D eigenvalue weighted by Crippen LogP contribution is 2.31. The molecular weight excluding hydrogens is 249 g/mol. The van der Waals surface area contributed by atoms with Gasteiger partial charge in [0.2, 0.25) is 11.8 Å². The van der Waals surface area contributed by atoms with E-state index in [4.69, 9.17) is 5.73 Å². The van der Waals surface area contributed by atoms with Gasteiger partial charge in [0.05, 0.1) is 19.1 Å². The topological polar surface area (TPSA) is 84.2 Å². The molecule has 0 spiro atoms. The number of rotatable bonds is 4. The molecule has 102 valence electrons. The second-order valence-electron chi connectivity index (χ2n) is 4.48. The molecule has 1 atom stereocenters. The maximum Gasteiger partial charge on any atom is 0.239 e. The molecule has 0 radical (unpaired) electrons. The SMILES string of the molecule is NCC(=O)NCC(=O)NC1CCc2cc(F)ccc21. The molecule has 2 rings (SSSR count). The van der Waals surface area contributed by atoms with Gasteiger partial charge in [-0.15, -0.1) is 0 Å². The van der Waals surface area contributed by atoms with Gasteiger partial charge in [0, 0.05) is 0 Å². The summed E-state index contributed by atoms with van der Waals surface area (Å²) in [5, 5.41) is 5.22. The van der Waals surface area contributed by atoms with Crippen LogP contribution < -0.4 is 16.4 Å². The summed E-state index contributed by atoms with van der Waals surface area (Å²) in [6.07, 6.45) is 1.49. The molecule has 1 aliphatic rings. The molecule has 1 aliphatic carbocycles. The first-order valence-electron chi connectivity index (χ1n) is 6.14. The number of hydrogen-bond acceptors (Lipinski definition) is 3. The van der Waals surface area contributed by atoms with Crippen LogP contribution in [0.3, 0.4) is 0 Å². The third-order valence-corrected chi connectivity index (χ3v) is 3.15. The molecule has 0 saturated heterocycles. The number of nitrogens with one attached hydrogen (secondary N) is 2. The number of carbonyl (C=O) groups excluding carboxylic acids is 2. The molecule has 1 aromatic rings. The highest BCUT2D eigenvalue weighted by molar-refractivity contribution is 5.85. The number of carbonyl (C=O) groups is 2. The van der Waals surface area contributed by atoms with Crippen molar-refractivity contribution in [2.24, 2.45) is 5.73 Å². The number of fused-ring (bicyclic) bond motifs is 1. The van der Waals surface area contributed by atoms with Crippen LogP contribution in [0, 0.1) is 5.82 Å². The molecular formula is C13H16FN3O2. The minimum absolute atomic E-state index is 0.0942. The predicted octanol–water partition coefficient (Wildman–Crippen LogP) is 0.00410. The summed E-state index contributed by atoms with van der Waals surface area (Å²) in [5.41, 5.74) is 6.99. The molecule has 19 heavy (non-hydrogen) atoms. The van der Waals surface area contributed by atoms with Crippen LogP contribution in [-0.4, -0.2) is 24.9 Å². The normalized spacial score (nSPS) is 16.8. The Balaban J connectivity index is 1.92. The molecule has 1 unspecified atom stereocenters. The molecule has 0 aromatic heterocycles. The highest BCUT2D eigenvalue weighted by Gasteiger charge is 2.24. The van der Waals surface area contributed by atoms with Crippen molar-refractivity contribution < 1.29 is 14.0 Å². The largest absolute Gasteiger partial charge is 0.348 e. The van der Waals surface area contributed by atoms with Crippen molar-refractivity contribution in [1.29, 1.82) is 0 Å². The lowest BCUT2D eigenvalue weighted by atomic mass is 10.1. The number of hydrogen-bond donors (Lipinski definition) is 3. The van der Waals surface area contributed by atoms with Crippen LogP contribution in [0.1, 0.15) is 23.6 Å². The van der Waals surface area contributed by atoms with E-state index >= 15 is 0 Å². The minimum atomic E-state index is -0.371. The molecule has 0 heterocycles.